The molecule has 2 rings (SSSR count). The van der Waals surface area contributed by atoms with Crippen molar-refractivity contribution in [3.63, 3.8) is 0 Å². The van der Waals surface area contributed by atoms with E-state index in [0.717, 1.165) is 5.56 Å². The zero-order valence-electron chi connectivity index (χ0n) is 11.2. The molecule has 1 amide bonds. The number of benzene rings is 1. The molecule has 0 saturated carbocycles. The fourth-order valence-corrected chi connectivity index (χ4v) is 1.72. The lowest BCUT2D eigenvalue weighted by molar-refractivity contribution is -0.138. The summed E-state index contributed by atoms with van der Waals surface area (Å²) in [6.07, 6.45) is 1.00. The number of carboxylic acid groups (broad SMARTS) is 1. The Labute approximate surface area is 119 Å². The summed E-state index contributed by atoms with van der Waals surface area (Å²) in [4.78, 5) is 22.3. The van der Waals surface area contributed by atoms with E-state index in [-0.39, 0.29) is 0 Å². The van der Waals surface area contributed by atoms with Crippen LogP contribution in [-0.2, 0) is 9.59 Å². The van der Waals surface area contributed by atoms with Crippen LogP contribution in [0.15, 0.2) is 24.5 Å². The van der Waals surface area contributed by atoms with Gasteiger partial charge in [0.25, 0.3) is 0 Å². The van der Waals surface area contributed by atoms with Crippen LogP contribution in [-0.4, -0.2) is 43.2 Å². The Morgan fingerprint density at radius 1 is 1.48 bits per heavy atom. The first-order valence-corrected chi connectivity index (χ1v) is 6.09. The van der Waals surface area contributed by atoms with Crippen molar-refractivity contribution in [3.05, 3.63) is 30.1 Å². The van der Waals surface area contributed by atoms with Crippen LogP contribution in [0, 0.1) is 6.92 Å². The van der Waals surface area contributed by atoms with E-state index in [1.54, 1.807) is 18.2 Å². The second kappa shape index (κ2) is 6.09. The Hall–Kier alpha value is -2.81. The van der Waals surface area contributed by atoms with E-state index in [1.165, 1.54) is 11.0 Å². The highest BCUT2D eigenvalue weighted by Crippen LogP contribution is 2.18. The number of hydrogen-bond acceptors (Lipinski definition) is 6. The Morgan fingerprint density at radius 2 is 2.24 bits per heavy atom. The molecule has 1 heterocycles. The molecule has 0 spiro atoms. The Kier molecular flexibility index (Phi) is 4.24. The van der Waals surface area contributed by atoms with Gasteiger partial charge in [0, 0.05) is 5.69 Å². The quantitative estimate of drug-likeness (QED) is 0.688. The number of nitrogens with two attached hydrogens (primary N) is 1. The number of aryl methyl sites for hydroxylation is 1. The van der Waals surface area contributed by atoms with Crippen LogP contribution in [0.4, 0.5) is 5.69 Å². The highest BCUT2D eigenvalue weighted by Gasteiger charge is 2.17. The maximum Gasteiger partial charge on any atom is 0.305 e. The Balaban J connectivity index is 2.16. The summed E-state index contributed by atoms with van der Waals surface area (Å²) in [5, 5.41) is 22.1. The van der Waals surface area contributed by atoms with Gasteiger partial charge in [0.05, 0.1) is 18.2 Å². The maximum atomic E-state index is 11.8. The van der Waals surface area contributed by atoms with Crippen molar-refractivity contribution in [1.82, 2.24) is 20.2 Å². The van der Waals surface area contributed by atoms with Crippen LogP contribution in [0.25, 0.3) is 5.69 Å². The van der Waals surface area contributed by atoms with Gasteiger partial charge in [0.15, 0.2) is 0 Å². The number of aromatic nitrogens is 4. The number of aliphatic carboxylic acids is 1. The van der Waals surface area contributed by atoms with Crippen molar-refractivity contribution < 1.29 is 14.7 Å². The summed E-state index contributed by atoms with van der Waals surface area (Å²) < 4.78 is 1.46. The van der Waals surface area contributed by atoms with Gasteiger partial charge in [-0.15, -0.1) is 5.10 Å². The minimum atomic E-state index is -1.13. The van der Waals surface area contributed by atoms with Crippen LogP contribution in [0.5, 0.6) is 0 Å². The molecule has 21 heavy (non-hydrogen) atoms. The van der Waals surface area contributed by atoms with Crippen LogP contribution in [0.1, 0.15) is 12.0 Å². The van der Waals surface area contributed by atoms with Crippen molar-refractivity contribution in [2.75, 3.05) is 5.32 Å². The number of tetrazole rings is 1. The standard InChI is InChI=1S/C12H14N6O3/c1-7-2-3-8(4-10(7)18-6-14-16-17-18)15-12(21)9(13)5-11(19)20/h2-4,6,9H,5,13H2,1H3,(H,15,21)(H,19,20). The molecule has 2 aromatic rings. The summed E-state index contributed by atoms with van der Waals surface area (Å²) in [7, 11) is 0. The predicted octanol–water partition coefficient (Wildman–Crippen LogP) is -0.289. The van der Waals surface area contributed by atoms with Crippen LogP contribution in [0.3, 0.4) is 0 Å². The Bertz CT molecular complexity index is 655. The van der Waals surface area contributed by atoms with Crippen LogP contribution < -0.4 is 11.1 Å². The molecule has 0 aliphatic rings. The van der Waals surface area contributed by atoms with Crippen molar-refractivity contribution >= 4 is 17.6 Å². The normalized spacial score (nSPS) is 11.9. The van der Waals surface area contributed by atoms with Gasteiger partial charge in [-0.05, 0) is 35.0 Å². The second-order valence-electron chi connectivity index (χ2n) is 4.45. The van der Waals surface area contributed by atoms with E-state index in [2.05, 4.69) is 20.8 Å². The number of carboxylic acids is 1. The number of hydrogen-bond donors (Lipinski definition) is 3. The fourth-order valence-electron chi connectivity index (χ4n) is 1.72. The van der Waals surface area contributed by atoms with Crippen molar-refractivity contribution in [2.45, 2.75) is 19.4 Å². The molecule has 0 saturated heterocycles. The van der Waals surface area contributed by atoms with E-state index in [0.29, 0.717) is 11.4 Å². The van der Waals surface area contributed by atoms with Gasteiger partial charge in [0.2, 0.25) is 5.91 Å². The third kappa shape index (κ3) is 3.60. The molecule has 1 aromatic carbocycles. The average Bonchev–Trinajstić information content (AvgIpc) is 2.94. The predicted molar refractivity (Wildman–Crippen MR) is 72.7 cm³/mol. The molecule has 9 nitrogen and oxygen atoms in total. The fraction of sp³-hybridized carbons (Fsp3) is 0.250. The first-order chi connectivity index (χ1) is 9.97. The van der Waals surface area contributed by atoms with E-state index < -0.39 is 24.3 Å². The summed E-state index contributed by atoms with van der Waals surface area (Å²) in [5.74, 6) is -1.69. The van der Waals surface area contributed by atoms with Gasteiger partial charge in [-0.1, -0.05) is 6.07 Å². The number of carbonyl (C=O) groups is 2. The Morgan fingerprint density at radius 3 is 2.86 bits per heavy atom. The van der Waals surface area contributed by atoms with Gasteiger partial charge in [-0.2, -0.15) is 0 Å². The van der Waals surface area contributed by atoms with E-state index >= 15 is 0 Å². The molecule has 1 atom stereocenters. The molecular formula is C12H14N6O3. The topological polar surface area (TPSA) is 136 Å². The largest absolute Gasteiger partial charge is 0.481 e. The smallest absolute Gasteiger partial charge is 0.305 e. The lowest BCUT2D eigenvalue weighted by Gasteiger charge is -2.12. The summed E-state index contributed by atoms with van der Waals surface area (Å²) >= 11 is 0. The molecule has 0 fully saturated rings. The van der Waals surface area contributed by atoms with E-state index in [1.807, 2.05) is 6.92 Å². The van der Waals surface area contributed by atoms with Gasteiger partial charge >= 0.3 is 5.97 Å². The zero-order chi connectivity index (χ0) is 15.4. The van der Waals surface area contributed by atoms with Crippen molar-refractivity contribution in [3.8, 4) is 5.69 Å². The van der Waals surface area contributed by atoms with Crippen LogP contribution in [0.2, 0.25) is 0 Å². The molecule has 0 bridgehead atoms. The number of rotatable bonds is 5. The molecule has 9 heteroatoms. The lowest BCUT2D eigenvalue weighted by atomic mass is 10.1. The first-order valence-electron chi connectivity index (χ1n) is 6.09. The van der Waals surface area contributed by atoms with Gasteiger partial charge in [0.1, 0.15) is 6.33 Å². The molecule has 4 N–H and O–H groups in total. The molecule has 0 aliphatic heterocycles. The highest BCUT2D eigenvalue weighted by atomic mass is 16.4. The average molecular weight is 290 g/mol. The van der Waals surface area contributed by atoms with Gasteiger partial charge in [-0.25, -0.2) is 4.68 Å². The van der Waals surface area contributed by atoms with Crippen molar-refractivity contribution in [2.24, 2.45) is 5.73 Å². The van der Waals surface area contributed by atoms with E-state index in [4.69, 9.17) is 10.8 Å². The third-order valence-corrected chi connectivity index (χ3v) is 2.80. The molecule has 110 valence electrons. The minimum absolute atomic E-state index is 0.433. The SMILES string of the molecule is Cc1ccc(NC(=O)C(N)CC(=O)O)cc1-n1cnnn1. The third-order valence-electron chi connectivity index (χ3n) is 2.80. The molecular weight excluding hydrogens is 276 g/mol. The van der Waals surface area contributed by atoms with Crippen LogP contribution >= 0.6 is 0 Å². The number of carbonyl (C=O) groups excluding carboxylic acids is 1. The summed E-state index contributed by atoms with van der Waals surface area (Å²) in [6, 6.07) is 4.04. The zero-order valence-corrected chi connectivity index (χ0v) is 11.2. The monoisotopic (exact) mass is 290 g/mol. The number of nitrogens with one attached hydrogen (secondary N) is 1. The number of nitrogens with zero attached hydrogens (tertiary/aromatic N) is 4. The minimum Gasteiger partial charge on any atom is -0.481 e. The summed E-state index contributed by atoms with van der Waals surface area (Å²) in [6.45, 7) is 1.87. The lowest BCUT2D eigenvalue weighted by Crippen LogP contribution is -2.37. The van der Waals surface area contributed by atoms with Gasteiger partial charge in [-0.3, -0.25) is 9.59 Å². The van der Waals surface area contributed by atoms with Crippen molar-refractivity contribution in [1.29, 1.82) is 0 Å². The highest BCUT2D eigenvalue weighted by molar-refractivity contribution is 5.96. The molecule has 1 unspecified atom stereocenters. The number of amides is 1. The second-order valence-corrected chi connectivity index (χ2v) is 4.45. The van der Waals surface area contributed by atoms with E-state index in [9.17, 15) is 9.59 Å². The number of anilines is 1. The first kappa shape index (κ1) is 14.6. The summed E-state index contributed by atoms with van der Waals surface area (Å²) in [5.41, 5.74) is 7.59. The molecule has 0 aliphatic carbocycles. The molecule has 0 radical (unpaired) electrons. The van der Waals surface area contributed by atoms with Gasteiger partial charge < -0.3 is 16.2 Å². The molecule has 1 aromatic heterocycles. The maximum absolute atomic E-state index is 11.8.